The lowest BCUT2D eigenvalue weighted by molar-refractivity contribution is -0.145. The van der Waals surface area contributed by atoms with Crippen LogP contribution in [-0.4, -0.2) is 34.1 Å². The second-order valence-electron chi connectivity index (χ2n) is 6.24. The van der Waals surface area contributed by atoms with E-state index >= 15 is 0 Å². The predicted molar refractivity (Wildman–Crippen MR) is 103 cm³/mol. The lowest BCUT2D eigenvalue weighted by Gasteiger charge is -2.18. The van der Waals surface area contributed by atoms with E-state index in [2.05, 4.69) is 4.72 Å². The van der Waals surface area contributed by atoms with E-state index in [0.29, 0.717) is 35.8 Å². The third kappa shape index (κ3) is 5.47. The molecule has 0 spiro atoms. The molecule has 8 nitrogen and oxygen atoms in total. The quantitative estimate of drug-likeness (QED) is 0.518. The zero-order valence-electron chi connectivity index (χ0n) is 15.6. The predicted octanol–water partition coefficient (Wildman–Crippen LogP) is 2.13. The number of benzene rings is 2. The van der Waals surface area contributed by atoms with Crippen molar-refractivity contribution >= 4 is 16.0 Å². The molecule has 9 heteroatoms. The Kier molecular flexibility index (Phi) is 6.69. The topological polar surface area (TPSA) is 115 Å². The lowest BCUT2D eigenvalue weighted by Crippen LogP contribution is -2.25. The zero-order valence-corrected chi connectivity index (χ0v) is 16.4. The van der Waals surface area contributed by atoms with Crippen LogP contribution >= 0.6 is 0 Å². The molecule has 1 heterocycles. The molecular weight excluding hydrogens is 396 g/mol. The number of hydrogen-bond donors (Lipinski definition) is 1. The van der Waals surface area contributed by atoms with Gasteiger partial charge in [-0.2, -0.15) is 5.26 Å². The monoisotopic (exact) mass is 416 g/mol. The first-order valence-electron chi connectivity index (χ1n) is 9.02. The molecule has 3 rings (SSSR count). The van der Waals surface area contributed by atoms with Crippen molar-refractivity contribution in [3.63, 3.8) is 0 Å². The fourth-order valence-corrected chi connectivity index (χ4v) is 3.79. The number of sulfonamides is 1. The van der Waals surface area contributed by atoms with Crippen LogP contribution in [0.4, 0.5) is 0 Å². The molecule has 1 aliphatic heterocycles. The summed E-state index contributed by atoms with van der Waals surface area (Å²) >= 11 is 0. The van der Waals surface area contributed by atoms with Gasteiger partial charge in [0.2, 0.25) is 10.0 Å². The molecule has 1 aliphatic rings. The average Bonchev–Trinajstić information content (AvgIpc) is 2.75. The molecule has 0 unspecified atom stereocenters. The van der Waals surface area contributed by atoms with Crippen LogP contribution in [0, 0.1) is 11.3 Å². The molecule has 2 aromatic rings. The number of fused-ring (bicyclic) bond motifs is 1. The van der Waals surface area contributed by atoms with Gasteiger partial charge in [0.05, 0.1) is 16.5 Å². The number of nitrogens with zero attached hydrogens (tertiary/aromatic N) is 1. The maximum Gasteiger partial charge on any atom is 0.306 e. The highest BCUT2D eigenvalue weighted by atomic mass is 32.2. The van der Waals surface area contributed by atoms with Crippen LogP contribution < -0.4 is 14.2 Å². The summed E-state index contributed by atoms with van der Waals surface area (Å²) in [6.45, 7) is 0.882. The second kappa shape index (κ2) is 9.41. The number of esters is 1. The second-order valence-corrected chi connectivity index (χ2v) is 8.00. The molecule has 0 amide bonds. The SMILES string of the molecule is N#Cc1ccccc1COC(=O)CCCNS(=O)(=O)c1ccc2c(c1)OCCO2. The molecule has 0 aliphatic carbocycles. The van der Waals surface area contributed by atoms with Crippen LogP contribution in [0.2, 0.25) is 0 Å². The van der Waals surface area contributed by atoms with Gasteiger partial charge in [0.25, 0.3) is 0 Å². The highest BCUT2D eigenvalue weighted by Crippen LogP contribution is 2.32. The molecule has 0 atom stereocenters. The number of hydrogen-bond acceptors (Lipinski definition) is 7. The molecule has 0 fully saturated rings. The van der Waals surface area contributed by atoms with E-state index in [1.807, 2.05) is 6.07 Å². The van der Waals surface area contributed by atoms with E-state index in [0.717, 1.165) is 0 Å². The van der Waals surface area contributed by atoms with Gasteiger partial charge in [0.1, 0.15) is 19.8 Å². The van der Waals surface area contributed by atoms with Gasteiger partial charge in [-0.3, -0.25) is 4.79 Å². The lowest BCUT2D eigenvalue weighted by atomic mass is 10.1. The molecule has 2 aromatic carbocycles. The van der Waals surface area contributed by atoms with Crippen molar-refractivity contribution < 1.29 is 27.4 Å². The van der Waals surface area contributed by atoms with Gasteiger partial charge in [-0.1, -0.05) is 18.2 Å². The molecule has 0 radical (unpaired) electrons. The first kappa shape index (κ1) is 20.6. The summed E-state index contributed by atoms with van der Waals surface area (Å²) in [5.41, 5.74) is 1.08. The molecule has 0 saturated heterocycles. The van der Waals surface area contributed by atoms with Crippen LogP contribution in [0.5, 0.6) is 11.5 Å². The molecule has 0 aromatic heterocycles. The number of nitrogens with one attached hydrogen (secondary N) is 1. The van der Waals surface area contributed by atoms with Gasteiger partial charge in [0.15, 0.2) is 11.5 Å². The third-order valence-electron chi connectivity index (χ3n) is 4.20. The van der Waals surface area contributed by atoms with Crippen molar-refractivity contribution in [1.82, 2.24) is 4.72 Å². The van der Waals surface area contributed by atoms with E-state index in [4.69, 9.17) is 19.5 Å². The Bertz CT molecular complexity index is 1030. The van der Waals surface area contributed by atoms with E-state index < -0.39 is 16.0 Å². The van der Waals surface area contributed by atoms with Crippen molar-refractivity contribution in [3.8, 4) is 17.6 Å². The molecule has 0 saturated carbocycles. The zero-order chi connectivity index (χ0) is 20.7. The Morgan fingerprint density at radius 1 is 1.14 bits per heavy atom. The average molecular weight is 416 g/mol. The van der Waals surface area contributed by atoms with E-state index in [9.17, 15) is 13.2 Å². The van der Waals surface area contributed by atoms with Crippen LogP contribution in [0.1, 0.15) is 24.0 Å². The largest absolute Gasteiger partial charge is 0.486 e. The first-order valence-corrected chi connectivity index (χ1v) is 10.5. The standard InChI is InChI=1S/C20H20N2O6S/c21-13-15-4-1-2-5-16(15)14-28-20(23)6-3-9-22-29(24,25)17-7-8-18-19(12-17)27-11-10-26-18/h1-2,4-5,7-8,12,22H,3,6,9-11,14H2. The smallest absolute Gasteiger partial charge is 0.306 e. The number of nitriles is 1. The highest BCUT2D eigenvalue weighted by Gasteiger charge is 2.19. The van der Waals surface area contributed by atoms with Gasteiger partial charge in [-0.25, -0.2) is 13.1 Å². The fourth-order valence-electron chi connectivity index (χ4n) is 2.70. The minimum atomic E-state index is -3.73. The summed E-state index contributed by atoms with van der Waals surface area (Å²) in [6.07, 6.45) is 0.334. The van der Waals surface area contributed by atoms with Crippen molar-refractivity contribution in [2.24, 2.45) is 0 Å². The molecule has 1 N–H and O–H groups in total. The van der Waals surface area contributed by atoms with Crippen LogP contribution in [0.15, 0.2) is 47.4 Å². The third-order valence-corrected chi connectivity index (χ3v) is 5.66. The Hall–Kier alpha value is -3.09. The Balaban J connectivity index is 1.45. The van der Waals surface area contributed by atoms with Crippen molar-refractivity contribution in [2.75, 3.05) is 19.8 Å². The molecule has 29 heavy (non-hydrogen) atoms. The van der Waals surface area contributed by atoms with Crippen molar-refractivity contribution in [2.45, 2.75) is 24.3 Å². The first-order chi connectivity index (χ1) is 14.0. The minimum absolute atomic E-state index is 0.00545. The summed E-state index contributed by atoms with van der Waals surface area (Å²) in [6, 6.07) is 13.3. The number of carbonyl (C=O) groups is 1. The molecule has 152 valence electrons. The summed E-state index contributed by atoms with van der Waals surface area (Å²) in [7, 11) is -3.73. The van der Waals surface area contributed by atoms with E-state index in [1.165, 1.54) is 12.1 Å². The van der Waals surface area contributed by atoms with Gasteiger partial charge >= 0.3 is 5.97 Å². The van der Waals surface area contributed by atoms with Gasteiger partial charge in [-0.15, -0.1) is 0 Å². The van der Waals surface area contributed by atoms with Crippen molar-refractivity contribution in [1.29, 1.82) is 5.26 Å². The maximum absolute atomic E-state index is 12.4. The van der Waals surface area contributed by atoms with E-state index in [1.54, 1.807) is 30.3 Å². The van der Waals surface area contributed by atoms with Crippen LogP contribution in [0.25, 0.3) is 0 Å². The summed E-state index contributed by atoms with van der Waals surface area (Å²) in [4.78, 5) is 11.9. The van der Waals surface area contributed by atoms with Crippen LogP contribution in [0.3, 0.4) is 0 Å². The summed E-state index contributed by atoms with van der Waals surface area (Å²) in [5.74, 6) is 0.438. The van der Waals surface area contributed by atoms with Gasteiger partial charge in [0, 0.05) is 24.6 Å². The Labute approximate surface area is 169 Å². The Morgan fingerprint density at radius 3 is 2.69 bits per heavy atom. The normalized spacial score (nSPS) is 12.8. The number of rotatable bonds is 8. The van der Waals surface area contributed by atoms with Crippen molar-refractivity contribution in [3.05, 3.63) is 53.6 Å². The number of carbonyl (C=O) groups excluding carboxylic acids is 1. The highest BCUT2D eigenvalue weighted by molar-refractivity contribution is 7.89. The molecular formula is C20H20N2O6S. The fraction of sp³-hybridized carbons (Fsp3) is 0.300. The summed E-state index contributed by atoms with van der Waals surface area (Å²) in [5, 5.41) is 9.02. The van der Waals surface area contributed by atoms with E-state index in [-0.39, 0.29) is 30.9 Å². The Morgan fingerprint density at radius 2 is 1.90 bits per heavy atom. The van der Waals surface area contributed by atoms with Gasteiger partial charge < -0.3 is 14.2 Å². The van der Waals surface area contributed by atoms with Gasteiger partial charge in [-0.05, 0) is 24.6 Å². The van der Waals surface area contributed by atoms with Crippen LogP contribution in [-0.2, 0) is 26.2 Å². The maximum atomic E-state index is 12.4. The summed E-state index contributed by atoms with van der Waals surface area (Å²) < 4.78 is 43.2. The molecule has 0 bridgehead atoms. The minimum Gasteiger partial charge on any atom is -0.486 e. The number of ether oxygens (including phenoxy) is 3.